The number of benzene rings is 2. The van der Waals surface area contributed by atoms with E-state index < -0.39 is 0 Å². The average Bonchev–Trinajstić information content (AvgIpc) is 2.56. The topological polar surface area (TPSA) is 85.9 Å². The maximum Gasteiger partial charge on any atom is 0.271 e. The summed E-state index contributed by atoms with van der Waals surface area (Å²) in [7, 11) is 1.57. The number of ether oxygens (including phenoxy) is 2. The van der Waals surface area contributed by atoms with Crippen LogP contribution in [0.4, 0.5) is 5.69 Å². The minimum atomic E-state index is -0.317. The average molecular weight is 313 g/mol. The maximum atomic E-state index is 12.0. The quantitative estimate of drug-likeness (QED) is 0.487. The van der Waals surface area contributed by atoms with Gasteiger partial charge in [0.05, 0.1) is 19.9 Å². The molecule has 0 heterocycles. The standard InChI is InChI=1S/C17H19N3O3/c1-3-23-16-13(5-4-6-15(16)22-2)11-19-20-17(21)12-7-9-14(18)10-8-12/h4-11H,3,18H2,1-2H3,(H,20,21)/b19-11-. The van der Waals surface area contributed by atoms with Crippen molar-refractivity contribution >= 4 is 17.8 Å². The third kappa shape index (κ3) is 4.23. The maximum absolute atomic E-state index is 12.0. The zero-order chi connectivity index (χ0) is 16.7. The number of para-hydroxylation sites is 1. The van der Waals surface area contributed by atoms with Crippen LogP contribution in [0.15, 0.2) is 47.6 Å². The first kappa shape index (κ1) is 16.4. The molecule has 6 heteroatoms. The van der Waals surface area contributed by atoms with Crippen LogP contribution in [0.3, 0.4) is 0 Å². The molecule has 0 saturated carbocycles. The first-order valence-electron chi connectivity index (χ1n) is 7.14. The smallest absolute Gasteiger partial charge is 0.271 e. The number of anilines is 1. The van der Waals surface area contributed by atoms with Gasteiger partial charge in [0.2, 0.25) is 0 Å². The van der Waals surface area contributed by atoms with Gasteiger partial charge < -0.3 is 15.2 Å². The van der Waals surface area contributed by atoms with Gasteiger partial charge in [0, 0.05) is 16.8 Å². The van der Waals surface area contributed by atoms with E-state index in [1.807, 2.05) is 19.1 Å². The highest BCUT2D eigenvalue weighted by Crippen LogP contribution is 2.29. The van der Waals surface area contributed by atoms with Crippen molar-refractivity contribution in [1.29, 1.82) is 0 Å². The van der Waals surface area contributed by atoms with Gasteiger partial charge in [0.1, 0.15) is 0 Å². The van der Waals surface area contributed by atoms with E-state index in [0.717, 1.165) is 0 Å². The normalized spacial score (nSPS) is 10.5. The Hall–Kier alpha value is -3.02. The number of nitrogens with two attached hydrogens (primary N) is 1. The van der Waals surface area contributed by atoms with Gasteiger partial charge >= 0.3 is 0 Å². The number of methoxy groups -OCH3 is 1. The van der Waals surface area contributed by atoms with Crippen molar-refractivity contribution < 1.29 is 14.3 Å². The molecule has 0 aliphatic heterocycles. The lowest BCUT2D eigenvalue weighted by Gasteiger charge is -2.11. The minimum Gasteiger partial charge on any atom is -0.493 e. The Labute approximate surface area is 134 Å². The fraction of sp³-hybridized carbons (Fsp3) is 0.176. The van der Waals surface area contributed by atoms with Gasteiger partial charge in [-0.25, -0.2) is 5.43 Å². The number of nitrogens with one attached hydrogen (secondary N) is 1. The highest BCUT2D eigenvalue weighted by molar-refractivity contribution is 5.95. The lowest BCUT2D eigenvalue weighted by atomic mass is 10.2. The van der Waals surface area contributed by atoms with Crippen molar-refractivity contribution in [2.45, 2.75) is 6.92 Å². The van der Waals surface area contributed by atoms with Gasteiger partial charge in [-0.2, -0.15) is 5.10 Å². The number of nitrogen functional groups attached to an aromatic ring is 1. The van der Waals surface area contributed by atoms with Crippen LogP contribution in [-0.2, 0) is 0 Å². The van der Waals surface area contributed by atoms with Gasteiger partial charge in [-0.15, -0.1) is 0 Å². The highest BCUT2D eigenvalue weighted by atomic mass is 16.5. The van der Waals surface area contributed by atoms with Crippen molar-refractivity contribution in [1.82, 2.24) is 5.43 Å². The summed E-state index contributed by atoms with van der Waals surface area (Å²) in [5.41, 5.74) is 9.85. The molecule has 0 aliphatic carbocycles. The molecule has 0 saturated heterocycles. The van der Waals surface area contributed by atoms with Crippen molar-refractivity contribution in [3.63, 3.8) is 0 Å². The molecule has 2 aromatic carbocycles. The summed E-state index contributed by atoms with van der Waals surface area (Å²) in [5.74, 6) is 0.880. The third-order valence-corrected chi connectivity index (χ3v) is 3.06. The molecule has 2 rings (SSSR count). The fourth-order valence-corrected chi connectivity index (χ4v) is 1.95. The SMILES string of the molecule is CCOc1c(/C=N\NC(=O)c2ccc(N)cc2)cccc1OC. The van der Waals surface area contributed by atoms with Crippen molar-refractivity contribution in [2.75, 3.05) is 19.5 Å². The largest absolute Gasteiger partial charge is 0.493 e. The Kier molecular flexibility index (Phi) is 5.57. The number of rotatable bonds is 6. The number of nitrogens with zero attached hydrogens (tertiary/aromatic N) is 1. The molecule has 0 aromatic heterocycles. The summed E-state index contributed by atoms with van der Waals surface area (Å²) in [6, 6.07) is 12.0. The number of carbonyl (C=O) groups is 1. The van der Waals surface area contributed by atoms with Crippen molar-refractivity contribution in [3.8, 4) is 11.5 Å². The summed E-state index contributed by atoms with van der Waals surface area (Å²) >= 11 is 0. The summed E-state index contributed by atoms with van der Waals surface area (Å²) in [6.45, 7) is 2.38. The summed E-state index contributed by atoms with van der Waals surface area (Å²) < 4.78 is 10.8. The van der Waals surface area contributed by atoms with E-state index in [1.54, 1.807) is 37.4 Å². The Morgan fingerprint density at radius 2 is 2.00 bits per heavy atom. The number of hydrogen-bond donors (Lipinski definition) is 2. The van der Waals surface area contributed by atoms with E-state index in [1.165, 1.54) is 6.21 Å². The molecule has 0 aliphatic rings. The van der Waals surface area contributed by atoms with E-state index in [2.05, 4.69) is 10.5 Å². The lowest BCUT2D eigenvalue weighted by molar-refractivity contribution is 0.0955. The molecule has 0 spiro atoms. The first-order valence-corrected chi connectivity index (χ1v) is 7.14. The van der Waals surface area contributed by atoms with Crippen LogP contribution in [0, 0.1) is 0 Å². The van der Waals surface area contributed by atoms with Gasteiger partial charge in [-0.05, 0) is 43.3 Å². The van der Waals surface area contributed by atoms with E-state index in [0.29, 0.717) is 34.9 Å². The Bertz CT molecular complexity index is 697. The molecule has 6 nitrogen and oxygen atoms in total. The number of amides is 1. The predicted octanol–water partition coefficient (Wildman–Crippen LogP) is 2.44. The van der Waals surface area contributed by atoms with Crippen LogP contribution in [0.25, 0.3) is 0 Å². The summed E-state index contributed by atoms with van der Waals surface area (Å²) in [5, 5.41) is 3.97. The van der Waals surface area contributed by atoms with E-state index in [-0.39, 0.29) is 5.91 Å². The minimum absolute atomic E-state index is 0.317. The zero-order valence-electron chi connectivity index (χ0n) is 13.1. The fourth-order valence-electron chi connectivity index (χ4n) is 1.95. The van der Waals surface area contributed by atoms with Crippen LogP contribution in [0.1, 0.15) is 22.8 Å². The Morgan fingerprint density at radius 3 is 2.65 bits per heavy atom. The molecule has 0 atom stereocenters. The van der Waals surface area contributed by atoms with Gasteiger partial charge in [-0.3, -0.25) is 4.79 Å². The molecule has 3 N–H and O–H groups in total. The Morgan fingerprint density at radius 1 is 1.26 bits per heavy atom. The zero-order valence-corrected chi connectivity index (χ0v) is 13.1. The second-order valence-corrected chi connectivity index (χ2v) is 4.63. The van der Waals surface area contributed by atoms with E-state index >= 15 is 0 Å². The second-order valence-electron chi connectivity index (χ2n) is 4.63. The lowest BCUT2D eigenvalue weighted by Crippen LogP contribution is -2.17. The van der Waals surface area contributed by atoms with Crippen molar-refractivity contribution in [3.05, 3.63) is 53.6 Å². The molecular formula is C17H19N3O3. The number of hydrogen-bond acceptors (Lipinski definition) is 5. The van der Waals surface area contributed by atoms with Gasteiger partial charge in [0.25, 0.3) is 5.91 Å². The monoisotopic (exact) mass is 313 g/mol. The molecule has 0 radical (unpaired) electrons. The van der Waals surface area contributed by atoms with Crippen LogP contribution in [0.5, 0.6) is 11.5 Å². The van der Waals surface area contributed by atoms with Crippen molar-refractivity contribution in [2.24, 2.45) is 5.10 Å². The summed E-state index contributed by atoms with van der Waals surface area (Å²) in [4.78, 5) is 12.0. The van der Waals surface area contributed by atoms with Crippen LogP contribution < -0.4 is 20.6 Å². The Balaban J connectivity index is 2.11. The highest BCUT2D eigenvalue weighted by Gasteiger charge is 2.09. The molecule has 23 heavy (non-hydrogen) atoms. The third-order valence-electron chi connectivity index (χ3n) is 3.06. The van der Waals surface area contributed by atoms with Crippen LogP contribution in [0.2, 0.25) is 0 Å². The summed E-state index contributed by atoms with van der Waals surface area (Å²) in [6.07, 6.45) is 1.52. The molecule has 1 amide bonds. The molecule has 0 bridgehead atoms. The van der Waals surface area contributed by atoms with Crippen LogP contribution >= 0.6 is 0 Å². The first-order chi connectivity index (χ1) is 11.2. The van der Waals surface area contributed by atoms with E-state index in [9.17, 15) is 4.79 Å². The van der Waals surface area contributed by atoms with Gasteiger partial charge in [0.15, 0.2) is 11.5 Å². The number of carbonyl (C=O) groups excluding carboxylic acids is 1. The van der Waals surface area contributed by atoms with E-state index in [4.69, 9.17) is 15.2 Å². The second kappa shape index (κ2) is 7.84. The molecule has 2 aromatic rings. The molecule has 0 unspecified atom stereocenters. The van der Waals surface area contributed by atoms with Crippen LogP contribution in [-0.4, -0.2) is 25.8 Å². The molecule has 120 valence electrons. The number of hydrazone groups is 1. The molecule has 0 fully saturated rings. The molecular weight excluding hydrogens is 294 g/mol. The van der Waals surface area contributed by atoms with Gasteiger partial charge in [-0.1, -0.05) is 6.07 Å². The predicted molar refractivity (Wildman–Crippen MR) is 90.1 cm³/mol.